The highest BCUT2D eigenvalue weighted by atomic mass is 35.5. The van der Waals surface area contributed by atoms with E-state index < -0.39 is 33.1 Å². The highest BCUT2D eigenvalue weighted by Gasteiger charge is 2.46. The minimum absolute atomic E-state index is 0.129. The summed E-state index contributed by atoms with van der Waals surface area (Å²) in [6.45, 7) is 5.15. The average molecular weight is 401 g/mol. The van der Waals surface area contributed by atoms with Crippen molar-refractivity contribution in [2.45, 2.75) is 38.5 Å². The fourth-order valence-corrected chi connectivity index (χ4v) is 3.81. The second kappa shape index (κ2) is 7.12. The number of Topliss-reactive ketones (excluding diaryl/α,β-unsaturated/α-hetero) is 1. The Morgan fingerprint density at radius 3 is 2.23 bits per heavy atom. The van der Waals surface area contributed by atoms with Crippen molar-refractivity contribution >= 4 is 39.2 Å². The van der Waals surface area contributed by atoms with Gasteiger partial charge >= 0.3 is 11.9 Å². The molecule has 0 amide bonds. The molecule has 1 aliphatic carbocycles. The lowest BCUT2D eigenvalue weighted by molar-refractivity contribution is -0.151. The summed E-state index contributed by atoms with van der Waals surface area (Å²) in [4.78, 5) is 37.1. The molecule has 1 aliphatic rings. The van der Waals surface area contributed by atoms with Gasteiger partial charge in [0.2, 0.25) is 0 Å². The number of sulfone groups is 1. The molecule has 6 nitrogen and oxygen atoms in total. The van der Waals surface area contributed by atoms with Crippen molar-refractivity contribution < 1.29 is 27.5 Å². The second-order valence-electron chi connectivity index (χ2n) is 7.60. The fourth-order valence-electron chi connectivity index (χ4n) is 2.68. The maximum absolute atomic E-state index is 12.5. The van der Waals surface area contributed by atoms with E-state index in [1.165, 1.54) is 12.1 Å². The lowest BCUT2D eigenvalue weighted by atomic mass is 9.77. The van der Waals surface area contributed by atoms with Crippen molar-refractivity contribution in [1.29, 1.82) is 0 Å². The van der Waals surface area contributed by atoms with Crippen LogP contribution in [0.15, 0.2) is 23.1 Å². The van der Waals surface area contributed by atoms with Gasteiger partial charge in [-0.05, 0) is 36.5 Å². The summed E-state index contributed by atoms with van der Waals surface area (Å²) in [7, 11) is -3.77. The van der Waals surface area contributed by atoms with Crippen molar-refractivity contribution in [1.82, 2.24) is 0 Å². The predicted molar refractivity (Wildman–Crippen MR) is 95.7 cm³/mol. The molecule has 0 radical (unpaired) electrons. The average Bonchev–Trinajstić information content (AvgIpc) is 3.28. The maximum atomic E-state index is 12.5. The molecule has 1 aromatic carbocycles. The molecule has 0 aromatic heterocycles. The van der Waals surface area contributed by atoms with Gasteiger partial charge in [-0.3, -0.25) is 9.59 Å². The molecule has 0 N–H and O–H groups in total. The summed E-state index contributed by atoms with van der Waals surface area (Å²) in [6.07, 6.45) is 2.37. The third kappa shape index (κ3) is 4.71. The third-order valence-corrected chi connectivity index (χ3v) is 5.49. The zero-order valence-corrected chi connectivity index (χ0v) is 16.6. The summed E-state index contributed by atoms with van der Waals surface area (Å²) in [5, 5.41) is 0.129. The normalized spacial score (nSPS) is 16.0. The van der Waals surface area contributed by atoms with Gasteiger partial charge in [0, 0.05) is 17.2 Å². The zero-order chi connectivity index (χ0) is 19.9. The minimum Gasteiger partial charge on any atom is -0.389 e. The fraction of sp³-hybridized carbons (Fsp3) is 0.500. The Kier molecular flexibility index (Phi) is 5.63. The molecule has 1 atom stereocenters. The highest BCUT2D eigenvalue weighted by molar-refractivity contribution is 7.90. The van der Waals surface area contributed by atoms with Crippen LogP contribution in [0.1, 0.15) is 44.0 Å². The van der Waals surface area contributed by atoms with E-state index in [2.05, 4.69) is 0 Å². The van der Waals surface area contributed by atoms with Crippen molar-refractivity contribution in [3.8, 4) is 0 Å². The van der Waals surface area contributed by atoms with Crippen LogP contribution in [-0.4, -0.2) is 32.4 Å². The molecule has 0 bridgehead atoms. The highest BCUT2D eigenvalue weighted by Crippen LogP contribution is 2.39. The molecule has 0 spiro atoms. The molecule has 1 fully saturated rings. The van der Waals surface area contributed by atoms with Crippen LogP contribution in [-0.2, 0) is 24.2 Å². The van der Waals surface area contributed by atoms with E-state index in [4.69, 9.17) is 16.3 Å². The minimum atomic E-state index is -3.77. The quantitative estimate of drug-likeness (QED) is 0.556. The molecule has 0 saturated heterocycles. The molecule has 1 unspecified atom stereocenters. The topological polar surface area (TPSA) is 94.6 Å². The summed E-state index contributed by atoms with van der Waals surface area (Å²) >= 11 is 5.80. The van der Waals surface area contributed by atoms with E-state index in [1.54, 1.807) is 20.8 Å². The number of hydrogen-bond donors (Lipinski definition) is 0. The number of hydrogen-bond acceptors (Lipinski definition) is 6. The number of ether oxygens (including phenoxy) is 1. The van der Waals surface area contributed by atoms with Crippen LogP contribution < -0.4 is 0 Å². The van der Waals surface area contributed by atoms with E-state index >= 15 is 0 Å². The first kappa shape index (κ1) is 20.6. The molecular formula is C18H21ClO6S. The van der Waals surface area contributed by atoms with E-state index in [0.29, 0.717) is 0 Å². The van der Waals surface area contributed by atoms with Gasteiger partial charge in [-0.15, -0.1) is 0 Å². The SMILES string of the molecule is CC(C)(C)C(C(=O)OC(=O)c1ccc(Cl)cc1S(C)(=O)=O)C(=O)C1CC1. The van der Waals surface area contributed by atoms with E-state index in [9.17, 15) is 22.8 Å². The molecule has 1 saturated carbocycles. The lowest BCUT2D eigenvalue weighted by Crippen LogP contribution is -2.38. The van der Waals surface area contributed by atoms with E-state index in [0.717, 1.165) is 25.2 Å². The first-order valence-electron chi connectivity index (χ1n) is 8.11. The first-order chi connectivity index (χ1) is 11.8. The van der Waals surface area contributed by atoms with E-state index in [1.807, 2.05) is 0 Å². The smallest absolute Gasteiger partial charge is 0.347 e. The molecular weight excluding hydrogens is 380 g/mol. The molecule has 8 heteroatoms. The van der Waals surface area contributed by atoms with Gasteiger partial charge in [-0.1, -0.05) is 32.4 Å². The monoisotopic (exact) mass is 400 g/mol. The van der Waals surface area contributed by atoms with Gasteiger partial charge in [-0.25, -0.2) is 13.2 Å². The Hall–Kier alpha value is -1.73. The molecule has 0 heterocycles. The van der Waals surface area contributed by atoms with Crippen LogP contribution >= 0.6 is 11.6 Å². The van der Waals surface area contributed by atoms with Crippen LogP contribution in [0.4, 0.5) is 0 Å². The van der Waals surface area contributed by atoms with Gasteiger partial charge in [0.1, 0.15) is 5.92 Å². The van der Waals surface area contributed by atoms with Crippen LogP contribution in [0.3, 0.4) is 0 Å². The number of esters is 2. The Morgan fingerprint density at radius 2 is 1.77 bits per heavy atom. The summed E-state index contributed by atoms with van der Waals surface area (Å²) in [5.41, 5.74) is -1.02. The van der Waals surface area contributed by atoms with E-state index in [-0.39, 0.29) is 27.2 Å². The van der Waals surface area contributed by atoms with Crippen LogP contribution in [0.25, 0.3) is 0 Å². The van der Waals surface area contributed by atoms with Gasteiger partial charge in [0.15, 0.2) is 15.6 Å². The van der Waals surface area contributed by atoms with Gasteiger partial charge < -0.3 is 4.74 Å². The zero-order valence-electron chi connectivity index (χ0n) is 15.0. The number of benzene rings is 1. The molecule has 2 rings (SSSR count). The van der Waals surface area contributed by atoms with Gasteiger partial charge in [0.05, 0.1) is 10.5 Å². The summed E-state index contributed by atoms with van der Waals surface area (Å²) in [5.74, 6) is -3.59. The Balaban J connectivity index is 2.31. The lowest BCUT2D eigenvalue weighted by Gasteiger charge is -2.27. The Morgan fingerprint density at radius 1 is 1.19 bits per heavy atom. The van der Waals surface area contributed by atoms with Crippen LogP contribution in [0.2, 0.25) is 5.02 Å². The predicted octanol–water partition coefficient (Wildman–Crippen LogP) is 3.07. The molecule has 0 aliphatic heterocycles. The van der Waals surface area contributed by atoms with Crippen molar-refractivity contribution in [2.75, 3.05) is 6.26 Å². The number of carbonyl (C=O) groups is 3. The van der Waals surface area contributed by atoms with Crippen molar-refractivity contribution in [3.63, 3.8) is 0 Å². The number of rotatable bonds is 5. The van der Waals surface area contributed by atoms with Crippen molar-refractivity contribution in [2.24, 2.45) is 17.3 Å². The Labute approximate surface area is 157 Å². The Bertz CT molecular complexity index is 862. The summed E-state index contributed by atoms with van der Waals surface area (Å²) in [6, 6.07) is 3.63. The number of ketones is 1. The summed E-state index contributed by atoms with van der Waals surface area (Å²) < 4.78 is 28.7. The third-order valence-electron chi connectivity index (χ3n) is 4.12. The van der Waals surface area contributed by atoms with Crippen molar-refractivity contribution in [3.05, 3.63) is 28.8 Å². The number of halogens is 1. The van der Waals surface area contributed by atoms with Gasteiger partial charge in [-0.2, -0.15) is 0 Å². The van der Waals surface area contributed by atoms with Gasteiger partial charge in [0.25, 0.3) is 0 Å². The standard InChI is InChI=1S/C18H21ClO6S/c1-18(2,3)14(15(20)10-5-6-10)17(22)25-16(21)12-8-7-11(19)9-13(12)26(4,23)24/h7-10,14H,5-6H2,1-4H3. The largest absolute Gasteiger partial charge is 0.389 e. The first-order valence-corrected chi connectivity index (χ1v) is 10.4. The molecule has 142 valence electrons. The van der Waals surface area contributed by atoms with Crippen LogP contribution in [0, 0.1) is 17.3 Å². The molecule has 1 aromatic rings. The second-order valence-corrected chi connectivity index (χ2v) is 10.0. The number of carbonyl (C=O) groups excluding carboxylic acids is 3. The molecule has 26 heavy (non-hydrogen) atoms. The maximum Gasteiger partial charge on any atom is 0.347 e. The van der Waals surface area contributed by atoms with Crippen LogP contribution in [0.5, 0.6) is 0 Å².